The zero-order chi connectivity index (χ0) is 9.73. The summed E-state index contributed by atoms with van der Waals surface area (Å²) in [6.07, 6.45) is -0.0971. The predicted octanol–water partition coefficient (Wildman–Crippen LogP) is 2.06. The maximum Gasteiger partial charge on any atom is 0.407 e. The molecule has 0 N–H and O–H groups in total. The molecule has 0 bridgehead atoms. The molecule has 1 heterocycles. The predicted molar refractivity (Wildman–Crippen MR) is 42.8 cm³/mol. The second kappa shape index (κ2) is 4.02. The molecule has 1 rings (SSSR count). The summed E-state index contributed by atoms with van der Waals surface area (Å²) in [7, 11) is 0. The monoisotopic (exact) mass is 188 g/mol. The molecule has 5 heteroatoms. The van der Waals surface area contributed by atoms with Crippen molar-refractivity contribution >= 4 is 6.21 Å². The molecular formula is C8H7F3N2. The average molecular weight is 188 g/mol. The van der Waals surface area contributed by atoms with Crippen LogP contribution in [-0.4, -0.2) is 23.9 Å². The molecule has 0 atom stereocenters. The molecule has 0 spiro atoms. The van der Waals surface area contributed by atoms with Crippen LogP contribution >= 0.6 is 0 Å². The highest BCUT2D eigenvalue weighted by Crippen LogP contribution is 2.14. The Balaban J connectivity index is 2.51. The van der Waals surface area contributed by atoms with E-state index in [0.717, 1.165) is 6.21 Å². The van der Waals surface area contributed by atoms with Crippen molar-refractivity contribution in [1.82, 2.24) is 4.98 Å². The fourth-order valence-electron chi connectivity index (χ4n) is 0.707. The minimum Gasteiger partial charge on any atom is -0.283 e. The van der Waals surface area contributed by atoms with E-state index in [1.807, 2.05) is 0 Å². The Bertz CT molecular complexity index is 279. The van der Waals surface area contributed by atoms with Gasteiger partial charge in [0.05, 0.1) is 0 Å². The first-order chi connectivity index (χ1) is 6.08. The number of aliphatic imine (C=N–C) groups is 1. The molecule has 0 aliphatic heterocycles. The van der Waals surface area contributed by atoms with Crippen molar-refractivity contribution in [1.29, 1.82) is 0 Å². The van der Waals surface area contributed by atoms with Crippen LogP contribution in [0.25, 0.3) is 0 Å². The third-order valence-corrected chi connectivity index (χ3v) is 1.20. The van der Waals surface area contributed by atoms with Crippen LogP contribution in [0.15, 0.2) is 29.5 Å². The molecule has 0 saturated heterocycles. The van der Waals surface area contributed by atoms with Gasteiger partial charge in [0, 0.05) is 24.2 Å². The standard InChI is InChI=1S/C8H7F3N2/c9-8(10,11)6-13-5-7-2-1-3-12-4-7/h1-5H,6H2/b13-5+. The molecule has 0 unspecified atom stereocenters. The number of alkyl halides is 3. The summed E-state index contributed by atoms with van der Waals surface area (Å²) < 4.78 is 34.9. The van der Waals surface area contributed by atoms with Crippen molar-refractivity contribution in [3.05, 3.63) is 30.1 Å². The topological polar surface area (TPSA) is 25.2 Å². The van der Waals surface area contributed by atoms with Gasteiger partial charge in [-0.25, -0.2) is 0 Å². The van der Waals surface area contributed by atoms with Gasteiger partial charge in [-0.15, -0.1) is 0 Å². The normalized spacial score (nSPS) is 12.2. The van der Waals surface area contributed by atoms with Crippen LogP contribution in [0.5, 0.6) is 0 Å². The van der Waals surface area contributed by atoms with E-state index in [1.165, 1.54) is 6.20 Å². The van der Waals surface area contributed by atoms with Gasteiger partial charge in [-0.2, -0.15) is 13.2 Å². The Morgan fingerprint density at radius 3 is 2.77 bits per heavy atom. The van der Waals surface area contributed by atoms with Crippen LogP contribution in [0, 0.1) is 0 Å². The summed E-state index contributed by atoms with van der Waals surface area (Å²) >= 11 is 0. The van der Waals surface area contributed by atoms with E-state index < -0.39 is 12.7 Å². The van der Waals surface area contributed by atoms with Crippen molar-refractivity contribution in [3.8, 4) is 0 Å². The lowest BCUT2D eigenvalue weighted by Crippen LogP contribution is -2.11. The SMILES string of the molecule is FC(F)(F)C/N=C/c1cccnc1. The van der Waals surface area contributed by atoms with E-state index in [4.69, 9.17) is 0 Å². The first-order valence-corrected chi connectivity index (χ1v) is 3.54. The number of pyridine rings is 1. The smallest absolute Gasteiger partial charge is 0.283 e. The summed E-state index contributed by atoms with van der Waals surface area (Å²) in [4.78, 5) is 6.95. The Hall–Kier alpha value is -1.39. The molecule has 0 amide bonds. The molecule has 0 aliphatic carbocycles. The first-order valence-electron chi connectivity index (χ1n) is 3.54. The number of hydrogen-bond donors (Lipinski definition) is 0. The van der Waals surface area contributed by atoms with Gasteiger partial charge in [-0.05, 0) is 6.07 Å². The number of hydrogen-bond acceptors (Lipinski definition) is 2. The van der Waals surface area contributed by atoms with E-state index in [2.05, 4.69) is 9.98 Å². The molecule has 13 heavy (non-hydrogen) atoms. The van der Waals surface area contributed by atoms with E-state index in [9.17, 15) is 13.2 Å². The van der Waals surface area contributed by atoms with E-state index >= 15 is 0 Å². The van der Waals surface area contributed by atoms with E-state index in [-0.39, 0.29) is 0 Å². The Kier molecular flexibility index (Phi) is 3.00. The largest absolute Gasteiger partial charge is 0.407 e. The van der Waals surface area contributed by atoms with Crippen molar-refractivity contribution in [2.45, 2.75) is 6.18 Å². The lowest BCUT2D eigenvalue weighted by molar-refractivity contribution is -0.118. The van der Waals surface area contributed by atoms with Gasteiger partial charge in [-0.3, -0.25) is 9.98 Å². The summed E-state index contributed by atoms with van der Waals surface area (Å²) in [6, 6.07) is 3.27. The van der Waals surface area contributed by atoms with Crippen LogP contribution in [0.4, 0.5) is 13.2 Å². The van der Waals surface area contributed by atoms with Crippen molar-refractivity contribution in [3.63, 3.8) is 0 Å². The minimum absolute atomic E-state index is 0.562. The van der Waals surface area contributed by atoms with Gasteiger partial charge in [0.2, 0.25) is 0 Å². The van der Waals surface area contributed by atoms with Crippen molar-refractivity contribution in [2.24, 2.45) is 4.99 Å². The van der Waals surface area contributed by atoms with E-state index in [1.54, 1.807) is 18.3 Å². The van der Waals surface area contributed by atoms with Gasteiger partial charge in [0.25, 0.3) is 0 Å². The molecule has 2 nitrogen and oxygen atoms in total. The fraction of sp³-hybridized carbons (Fsp3) is 0.250. The molecule has 0 fully saturated rings. The van der Waals surface area contributed by atoms with Crippen LogP contribution in [0.3, 0.4) is 0 Å². The van der Waals surface area contributed by atoms with Gasteiger partial charge >= 0.3 is 6.18 Å². The molecular weight excluding hydrogens is 181 g/mol. The zero-order valence-corrected chi connectivity index (χ0v) is 6.62. The minimum atomic E-state index is -4.24. The summed E-state index contributed by atoms with van der Waals surface area (Å²) in [6.45, 7) is -1.15. The molecule has 1 aromatic heterocycles. The Morgan fingerprint density at radius 2 is 2.23 bits per heavy atom. The van der Waals surface area contributed by atoms with Gasteiger partial charge in [0.15, 0.2) is 0 Å². The number of halogens is 3. The van der Waals surface area contributed by atoms with Crippen molar-refractivity contribution in [2.75, 3.05) is 6.54 Å². The molecule has 0 saturated carbocycles. The number of nitrogens with zero attached hydrogens (tertiary/aromatic N) is 2. The van der Waals surface area contributed by atoms with Crippen LogP contribution in [0.2, 0.25) is 0 Å². The van der Waals surface area contributed by atoms with Crippen LogP contribution in [0.1, 0.15) is 5.56 Å². The Morgan fingerprint density at radius 1 is 1.46 bits per heavy atom. The highest BCUT2D eigenvalue weighted by atomic mass is 19.4. The van der Waals surface area contributed by atoms with Gasteiger partial charge in [-0.1, -0.05) is 6.07 Å². The van der Waals surface area contributed by atoms with Crippen LogP contribution in [-0.2, 0) is 0 Å². The lowest BCUT2D eigenvalue weighted by Gasteiger charge is -1.99. The maximum atomic E-state index is 11.6. The van der Waals surface area contributed by atoms with Crippen molar-refractivity contribution < 1.29 is 13.2 Å². The number of aromatic nitrogens is 1. The molecule has 70 valence electrons. The average Bonchev–Trinajstić information content (AvgIpc) is 2.04. The Labute approximate surface area is 73.1 Å². The first kappa shape index (κ1) is 9.70. The second-order valence-corrected chi connectivity index (χ2v) is 2.37. The summed E-state index contributed by atoms with van der Waals surface area (Å²) in [5.74, 6) is 0. The molecule has 0 radical (unpaired) electrons. The van der Waals surface area contributed by atoms with Crippen LogP contribution < -0.4 is 0 Å². The van der Waals surface area contributed by atoms with Gasteiger partial charge < -0.3 is 0 Å². The third-order valence-electron chi connectivity index (χ3n) is 1.20. The maximum absolute atomic E-state index is 11.6. The van der Waals surface area contributed by atoms with E-state index in [0.29, 0.717) is 5.56 Å². The molecule has 0 aliphatic rings. The summed E-state index contributed by atoms with van der Waals surface area (Å²) in [5.41, 5.74) is 0.562. The summed E-state index contributed by atoms with van der Waals surface area (Å²) in [5, 5.41) is 0. The zero-order valence-electron chi connectivity index (χ0n) is 6.62. The lowest BCUT2D eigenvalue weighted by atomic mass is 10.3. The highest BCUT2D eigenvalue weighted by molar-refractivity contribution is 5.78. The fourth-order valence-corrected chi connectivity index (χ4v) is 0.707. The second-order valence-electron chi connectivity index (χ2n) is 2.37. The van der Waals surface area contributed by atoms with Gasteiger partial charge in [0.1, 0.15) is 6.54 Å². The third kappa shape index (κ3) is 4.25. The molecule has 0 aromatic carbocycles. The molecule has 1 aromatic rings. The number of rotatable bonds is 2. The quantitative estimate of drug-likeness (QED) is 0.652. The highest BCUT2D eigenvalue weighted by Gasteiger charge is 2.25.